The van der Waals surface area contributed by atoms with Crippen molar-refractivity contribution in [2.45, 2.75) is 46.0 Å². The summed E-state index contributed by atoms with van der Waals surface area (Å²) in [5.41, 5.74) is 1.59. The summed E-state index contributed by atoms with van der Waals surface area (Å²) in [6, 6.07) is 6.10. The van der Waals surface area contributed by atoms with Crippen molar-refractivity contribution in [1.82, 2.24) is 15.1 Å². The van der Waals surface area contributed by atoms with E-state index in [1.807, 2.05) is 26.8 Å². The fraction of sp³-hybridized carbons (Fsp3) is 0.556. The fourth-order valence-electron chi connectivity index (χ4n) is 2.96. The number of carbonyl (C=O) groups is 1. The molecular formula is C18H24ClN3OS. The topological polar surface area (TPSA) is 46.9 Å². The van der Waals surface area contributed by atoms with Crippen LogP contribution in [0.25, 0.3) is 0 Å². The van der Waals surface area contributed by atoms with E-state index in [1.165, 1.54) is 4.88 Å². The quantitative estimate of drug-likeness (QED) is 0.885. The van der Waals surface area contributed by atoms with E-state index in [0.717, 1.165) is 48.1 Å². The third-order valence-electron chi connectivity index (χ3n) is 4.37. The smallest absolute Gasteiger partial charge is 0.252 e. The van der Waals surface area contributed by atoms with Crippen LogP contribution in [0.2, 0.25) is 4.34 Å². The first kappa shape index (κ1) is 17.6. The number of halogens is 1. The molecule has 1 aliphatic heterocycles. The normalized spacial score (nSPS) is 18.2. The van der Waals surface area contributed by atoms with Crippen LogP contribution in [0.5, 0.6) is 0 Å². The second-order valence-electron chi connectivity index (χ2n) is 7.42. The number of nitrogens with zero attached hydrogens (tertiary/aromatic N) is 2. The molecule has 24 heavy (non-hydrogen) atoms. The summed E-state index contributed by atoms with van der Waals surface area (Å²) in [5.74, 6) is 0.466. The molecule has 0 radical (unpaired) electrons. The largest absolute Gasteiger partial charge is 0.316 e. The molecular weight excluding hydrogens is 342 g/mol. The standard InChI is InChI=1S/C18H24ClN3OS/c1-18(2,3)17(23)22-13(4-5-14-6-7-16(19)24-14)10-15(21-22)12-8-9-20-11-12/h6-7,10,12,20H,4-5,8-9,11H2,1-3H3. The summed E-state index contributed by atoms with van der Waals surface area (Å²) < 4.78 is 2.45. The Morgan fingerprint density at radius 2 is 2.21 bits per heavy atom. The van der Waals surface area contributed by atoms with Gasteiger partial charge in [0, 0.05) is 28.4 Å². The first-order valence-corrected chi connectivity index (χ1v) is 9.62. The molecule has 3 rings (SSSR count). The Morgan fingerprint density at radius 1 is 1.42 bits per heavy atom. The summed E-state index contributed by atoms with van der Waals surface area (Å²) in [6.07, 6.45) is 2.76. The van der Waals surface area contributed by atoms with Crippen molar-refractivity contribution < 1.29 is 4.79 Å². The highest BCUT2D eigenvalue weighted by Crippen LogP contribution is 2.27. The molecule has 0 spiro atoms. The molecule has 2 aromatic rings. The van der Waals surface area contributed by atoms with Gasteiger partial charge in [-0.25, -0.2) is 4.68 Å². The number of aryl methyl sites for hydroxylation is 2. The van der Waals surface area contributed by atoms with Gasteiger partial charge in [-0.05, 0) is 44.0 Å². The predicted octanol–water partition coefficient (Wildman–Crippen LogP) is 4.15. The van der Waals surface area contributed by atoms with E-state index < -0.39 is 5.41 Å². The molecule has 6 heteroatoms. The Labute approximate surface area is 152 Å². The third-order valence-corrected chi connectivity index (χ3v) is 5.66. The molecule has 1 atom stereocenters. The SMILES string of the molecule is CC(C)(C)C(=O)n1nc(C2CCNC2)cc1CCc1ccc(Cl)s1. The van der Waals surface area contributed by atoms with Crippen molar-refractivity contribution in [2.75, 3.05) is 13.1 Å². The van der Waals surface area contributed by atoms with Crippen molar-refractivity contribution >= 4 is 28.8 Å². The van der Waals surface area contributed by atoms with E-state index in [1.54, 1.807) is 16.0 Å². The number of aromatic nitrogens is 2. The number of carbonyl (C=O) groups excluding carboxylic acids is 1. The van der Waals surface area contributed by atoms with E-state index >= 15 is 0 Å². The monoisotopic (exact) mass is 365 g/mol. The Kier molecular flexibility index (Phi) is 5.13. The second kappa shape index (κ2) is 6.98. The van der Waals surface area contributed by atoms with E-state index in [2.05, 4.69) is 22.5 Å². The lowest BCUT2D eigenvalue weighted by atomic mass is 9.95. The van der Waals surface area contributed by atoms with E-state index in [9.17, 15) is 4.79 Å². The lowest BCUT2D eigenvalue weighted by Gasteiger charge is -2.17. The molecule has 1 fully saturated rings. The van der Waals surface area contributed by atoms with Gasteiger partial charge in [-0.15, -0.1) is 11.3 Å². The van der Waals surface area contributed by atoms with Crippen molar-refractivity contribution in [2.24, 2.45) is 5.41 Å². The van der Waals surface area contributed by atoms with Gasteiger partial charge in [-0.3, -0.25) is 4.79 Å². The zero-order chi connectivity index (χ0) is 17.3. The van der Waals surface area contributed by atoms with E-state index in [4.69, 9.17) is 11.6 Å². The molecule has 3 heterocycles. The highest BCUT2D eigenvalue weighted by molar-refractivity contribution is 7.16. The van der Waals surface area contributed by atoms with Gasteiger partial charge >= 0.3 is 0 Å². The Balaban J connectivity index is 1.85. The minimum Gasteiger partial charge on any atom is -0.316 e. The van der Waals surface area contributed by atoms with Crippen LogP contribution in [0.15, 0.2) is 18.2 Å². The van der Waals surface area contributed by atoms with Gasteiger partial charge < -0.3 is 5.32 Å². The van der Waals surface area contributed by atoms with Crippen LogP contribution in [-0.2, 0) is 12.8 Å². The van der Waals surface area contributed by atoms with E-state index in [0.29, 0.717) is 5.92 Å². The van der Waals surface area contributed by atoms with Gasteiger partial charge in [0.05, 0.1) is 10.0 Å². The molecule has 1 unspecified atom stereocenters. The molecule has 0 aliphatic carbocycles. The molecule has 1 N–H and O–H groups in total. The molecule has 0 aromatic carbocycles. The molecule has 1 aliphatic rings. The van der Waals surface area contributed by atoms with Crippen LogP contribution in [0.4, 0.5) is 0 Å². The molecule has 0 saturated carbocycles. The van der Waals surface area contributed by atoms with Crippen molar-refractivity contribution in [3.05, 3.63) is 38.8 Å². The van der Waals surface area contributed by atoms with Crippen molar-refractivity contribution in [3.8, 4) is 0 Å². The number of rotatable bonds is 4. The molecule has 0 bridgehead atoms. The Bertz CT molecular complexity index is 723. The fourth-order valence-corrected chi connectivity index (χ4v) is 4.04. The highest BCUT2D eigenvalue weighted by atomic mass is 35.5. The number of nitrogens with one attached hydrogen (secondary N) is 1. The van der Waals surface area contributed by atoms with Gasteiger partial charge in [-0.1, -0.05) is 32.4 Å². The zero-order valence-corrected chi connectivity index (χ0v) is 16.0. The van der Waals surface area contributed by atoms with Gasteiger partial charge in [0.1, 0.15) is 0 Å². The summed E-state index contributed by atoms with van der Waals surface area (Å²) in [5, 5.41) is 8.05. The number of hydrogen-bond donors (Lipinski definition) is 1. The van der Waals surface area contributed by atoms with Crippen molar-refractivity contribution in [1.29, 1.82) is 0 Å². The van der Waals surface area contributed by atoms with Gasteiger partial charge in [-0.2, -0.15) is 5.10 Å². The molecule has 1 saturated heterocycles. The lowest BCUT2D eigenvalue weighted by molar-refractivity contribution is 0.0744. The Hall–Kier alpha value is -1.17. The van der Waals surface area contributed by atoms with Crippen LogP contribution in [-0.4, -0.2) is 28.8 Å². The van der Waals surface area contributed by atoms with Crippen LogP contribution >= 0.6 is 22.9 Å². The van der Waals surface area contributed by atoms with Gasteiger partial charge in [0.25, 0.3) is 5.91 Å². The maximum Gasteiger partial charge on any atom is 0.252 e. The summed E-state index contributed by atoms with van der Waals surface area (Å²) in [6.45, 7) is 7.79. The van der Waals surface area contributed by atoms with Gasteiger partial charge in [0.2, 0.25) is 0 Å². The minimum absolute atomic E-state index is 0.0546. The zero-order valence-electron chi connectivity index (χ0n) is 14.4. The van der Waals surface area contributed by atoms with Crippen LogP contribution in [0.1, 0.15) is 54.2 Å². The second-order valence-corrected chi connectivity index (χ2v) is 9.22. The summed E-state index contributed by atoms with van der Waals surface area (Å²) >= 11 is 7.61. The molecule has 0 amide bonds. The maximum absolute atomic E-state index is 12.8. The third kappa shape index (κ3) is 3.90. The van der Waals surface area contributed by atoms with Crippen LogP contribution in [0, 0.1) is 5.41 Å². The van der Waals surface area contributed by atoms with Gasteiger partial charge in [0.15, 0.2) is 0 Å². The summed E-state index contributed by atoms with van der Waals surface area (Å²) in [7, 11) is 0. The Morgan fingerprint density at radius 3 is 2.79 bits per heavy atom. The molecule has 2 aromatic heterocycles. The van der Waals surface area contributed by atoms with Crippen molar-refractivity contribution in [3.63, 3.8) is 0 Å². The molecule has 4 nitrogen and oxygen atoms in total. The molecule has 130 valence electrons. The number of hydrogen-bond acceptors (Lipinski definition) is 4. The van der Waals surface area contributed by atoms with E-state index in [-0.39, 0.29) is 5.91 Å². The first-order valence-electron chi connectivity index (χ1n) is 8.43. The maximum atomic E-state index is 12.8. The first-order chi connectivity index (χ1) is 11.3. The minimum atomic E-state index is -0.446. The van der Waals surface area contributed by atoms with Crippen LogP contribution in [0.3, 0.4) is 0 Å². The van der Waals surface area contributed by atoms with Crippen LogP contribution < -0.4 is 5.32 Å². The highest BCUT2D eigenvalue weighted by Gasteiger charge is 2.28. The number of thiophene rings is 1. The lowest BCUT2D eigenvalue weighted by Crippen LogP contribution is -2.29. The average molecular weight is 366 g/mol. The average Bonchev–Trinajstić information content (AvgIpc) is 3.23. The predicted molar refractivity (Wildman–Crippen MR) is 99.3 cm³/mol. The summed E-state index contributed by atoms with van der Waals surface area (Å²) in [4.78, 5) is 14.0.